The third kappa shape index (κ3) is 2.69. The van der Waals surface area contributed by atoms with E-state index in [-0.39, 0.29) is 5.91 Å². The molecule has 0 aliphatic heterocycles. The van der Waals surface area contributed by atoms with Crippen molar-refractivity contribution in [2.45, 2.75) is 13.1 Å². The highest BCUT2D eigenvalue weighted by Gasteiger charge is 2.08. The maximum absolute atomic E-state index is 11.9. The molecule has 7 nitrogen and oxygen atoms in total. The molecule has 94 valence electrons. The number of pyridine rings is 1. The molecule has 0 bridgehead atoms. The van der Waals surface area contributed by atoms with Crippen molar-refractivity contribution in [2.24, 2.45) is 12.8 Å². The maximum atomic E-state index is 11.9. The summed E-state index contributed by atoms with van der Waals surface area (Å²) in [5.41, 5.74) is 6.69. The topological polar surface area (TPSA) is 98.7 Å². The molecule has 2 aromatic rings. The highest BCUT2D eigenvalue weighted by molar-refractivity contribution is 5.94. The molecule has 0 aliphatic rings. The number of nitrogens with two attached hydrogens (primary N) is 1. The molecule has 1 amide bonds. The van der Waals surface area contributed by atoms with Gasteiger partial charge >= 0.3 is 0 Å². The number of aromatic nitrogens is 4. The molecule has 0 saturated carbocycles. The minimum Gasteiger partial charge on any atom is -0.345 e. The van der Waals surface area contributed by atoms with E-state index in [9.17, 15) is 4.79 Å². The van der Waals surface area contributed by atoms with Crippen LogP contribution in [-0.2, 0) is 20.1 Å². The molecule has 0 spiro atoms. The molecule has 0 unspecified atom stereocenters. The first-order valence-corrected chi connectivity index (χ1v) is 5.47. The van der Waals surface area contributed by atoms with Gasteiger partial charge in [-0.3, -0.25) is 9.78 Å². The molecule has 3 N–H and O–H groups in total. The standard InChI is InChI=1S/C11H14N6O/c1-17-7-15-16-10(17)6-14-11(18)8-2-3-13-9(4-8)5-12/h2-4,7H,5-6,12H2,1H3,(H,14,18). The van der Waals surface area contributed by atoms with Crippen LogP contribution in [0.4, 0.5) is 0 Å². The Bertz CT molecular complexity index is 550. The largest absolute Gasteiger partial charge is 0.345 e. The molecule has 18 heavy (non-hydrogen) atoms. The molecule has 2 aromatic heterocycles. The first kappa shape index (κ1) is 12.2. The van der Waals surface area contributed by atoms with Gasteiger partial charge in [0.05, 0.1) is 12.2 Å². The van der Waals surface area contributed by atoms with Gasteiger partial charge in [-0.2, -0.15) is 0 Å². The van der Waals surface area contributed by atoms with E-state index in [4.69, 9.17) is 5.73 Å². The van der Waals surface area contributed by atoms with Crippen LogP contribution in [0.1, 0.15) is 21.9 Å². The zero-order valence-electron chi connectivity index (χ0n) is 10.00. The number of amides is 1. The van der Waals surface area contributed by atoms with Gasteiger partial charge in [-0.15, -0.1) is 10.2 Å². The van der Waals surface area contributed by atoms with Crippen LogP contribution >= 0.6 is 0 Å². The average molecular weight is 246 g/mol. The van der Waals surface area contributed by atoms with E-state index in [2.05, 4.69) is 20.5 Å². The first-order valence-electron chi connectivity index (χ1n) is 5.47. The van der Waals surface area contributed by atoms with Crippen LogP contribution in [0.25, 0.3) is 0 Å². The Morgan fingerprint density at radius 3 is 3.06 bits per heavy atom. The second-order valence-electron chi connectivity index (χ2n) is 3.78. The van der Waals surface area contributed by atoms with Gasteiger partial charge in [-0.05, 0) is 12.1 Å². The molecule has 0 saturated heterocycles. The summed E-state index contributed by atoms with van der Waals surface area (Å²) in [7, 11) is 1.82. The molecule has 0 atom stereocenters. The van der Waals surface area contributed by atoms with E-state index < -0.39 is 0 Å². The van der Waals surface area contributed by atoms with Gasteiger partial charge < -0.3 is 15.6 Å². The van der Waals surface area contributed by atoms with Crippen molar-refractivity contribution in [3.05, 3.63) is 41.7 Å². The summed E-state index contributed by atoms with van der Waals surface area (Å²) in [6.45, 7) is 0.639. The summed E-state index contributed by atoms with van der Waals surface area (Å²) in [5, 5.41) is 10.4. The summed E-state index contributed by atoms with van der Waals surface area (Å²) >= 11 is 0. The second kappa shape index (κ2) is 5.37. The van der Waals surface area contributed by atoms with Crippen molar-refractivity contribution in [3.63, 3.8) is 0 Å². The Balaban J connectivity index is 2.01. The highest BCUT2D eigenvalue weighted by Crippen LogP contribution is 2.01. The lowest BCUT2D eigenvalue weighted by Crippen LogP contribution is -2.24. The summed E-state index contributed by atoms with van der Waals surface area (Å²) in [6.07, 6.45) is 3.15. The van der Waals surface area contributed by atoms with Crippen LogP contribution in [0.15, 0.2) is 24.7 Å². The molecule has 7 heteroatoms. The van der Waals surface area contributed by atoms with Gasteiger partial charge in [-0.25, -0.2) is 0 Å². The van der Waals surface area contributed by atoms with E-state index in [0.717, 1.165) is 0 Å². The van der Waals surface area contributed by atoms with Crippen LogP contribution in [0.5, 0.6) is 0 Å². The monoisotopic (exact) mass is 246 g/mol. The molecule has 0 aliphatic carbocycles. The predicted molar refractivity (Wildman–Crippen MR) is 64.3 cm³/mol. The minimum atomic E-state index is -0.185. The highest BCUT2D eigenvalue weighted by atomic mass is 16.1. The Morgan fingerprint density at radius 1 is 1.56 bits per heavy atom. The minimum absolute atomic E-state index is 0.185. The zero-order valence-corrected chi connectivity index (χ0v) is 10.00. The molecular formula is C11H14N6O. The van der Waals surface area contributed by atoms with Gasteiger partial charge in [0.2, 0.25) is 0 Å². The second-order valence-corrected chi connectivity index (χ2v) is 3.78. The number of rotatable bonds is 4. The van der Waals surface area contributed by atoms with E-state index in [1.54, 1.807) is 29.2 Å². The van der Waals surface area contributed by atoms with Crippen LogP contribution in [0, 0.1) is 0 Å². The first-order chi connectivity index (χ1) is 8.70. The third-order valence-corrected chi connectivity index (χ3v) is 2.50. The van der Waals surface area contributed by atoms with Gasteiger partial charge in [-0.1, -0.05) is 0 Å². The zero-order chi connectivity index (χ0) is 13.0. The van der Waals surface area contributed by atoms with Crippen molar-refractivity contribution in [1.29, 1.82) is 0 Å². The Morgan fingerprint density at radius 2 is 2.39 bits per heavy atom. The number of aryl methyl sites for hydroxylation is 1. The number of carbonyl (C=O) groups is 1. The normalized spacial score (nSPS) is 10.3. The molecular weight excluding hydrogens is 232 g/mol. The van der Waals surface area contributed by atoms with Crippen molar-refractivity contribution >= 4 is 5.91 Å². The fourth-order valence-electron chi connectivity index (χ4n) is 1.46. The van der Waals surface area contributed by atoms with Crippen molar-refractivity contribution < 1.29 is 4.79 Å². The lowest BCUT2D eigenvalue weighted by Gasteiger charge is -2.05. The van der Waals surface area contributed by atoms with Gasteiger partial charge in [0.25, 0.3) is 5.91 Å². The number of nitrogens with zero attached hydrogens (tertiary/aromatic N) is 4. The van der Waals surface area contributed by atoms with E-state index in [1.165, 1.54) is 0 Å². The van der Waals surface area contributed by atoms with Gasteiger partial charge in [0.1, 0.15) is 6.33 Å². The number of carbonyl (C=O) groups excluding carboxylic acids is 1. The Hall–Kier alpha value is -2.28. The molecule has 2 rings (SSSR count). The van der Waals surface area contributed by atoms with E-state index in [1.807, 2.05) is 7.05 Å². The van der Waals surface area contributed by atoms with Crippen molar-refractivity contribution in [1.82, 2.24) is 25.1 Å². The van der Waals surface area contributed by atoms with Crippen LogP contribution in [-0.4, -0.2) is 25.7 Å². The molecule has 0 aromatic carbocycles. The third-order valence-electron chi connectivity index (χ3n) is 2.50. The van der Waals surface area contributed by atoms with Crippen LogP contribution < -0.4 is 11.1 Å². The van der Waals surface area contributed by atoms with Crippen molar-refractivity contribution in [2.75, 3.05) is 0 Å². The summed E-state index contributed by atoms with van der Waals surface area (Å²) in [5.74, 6) is 0.506. The fourth-order valence-corrected chi connectivity index (χ4v) is 1.46. The number of nitrogens with one attached hydrogen (secondary N) is 1. The van der Waals surface area contributed by atoms with E-state index >= 15 is 0 Å². The number of hydrogen-bond donors (Lipinski definition) is 2. The average Bonchev–Trinajstić information content (AvgIpc) is 2.81. The Kier molecular flexibility index (Phi) is 3.63. The number of hydrogen-bond acceptors (Lipinski definition) is 5. The SMILES string of the molecule is Cn1cnnc1CNC(=O)c1ccnc(CN)c1. The summed E-state index contributed by atoms with van der Waals surface area (Å²) < 4.78 is 1.75. The molecule has 2 heterocycles. The lowest BCUT2D eigenvalue weighted by atomic mass is 10.2. The summed E-state index contributed by atoms with van der Waals surface area (Å²) in [4.78, 5) is 15.9. The van der Waals surface area contributed by atoms with Gasteiger partial charge in [0.15, 0.2) is 5.82 Å². The molecule has 0 radical (unpaired) electrons. The maximum Gasteiger partial charge on any atom is 0.251 e. The molecule has 0 fully saturated rings. The van der Waals surface area contributed by atoms with Crippen LogP contribution in [0.2, 0.25) is 0 Å². The fraction of sp³-hybridized carbons (Fsp3) is 0.273. The van der Waals surface area contributed by atoms with Gasteiger partial charge in [0, 0.05) is 25.4 Å². The van der Waals surface area contributed by atoms with E-state index in [0.29, 0.717) is 30.2 Å². The van der Waals surface area contributed by atoms with Crippen LogP contribution in [0.3, 0.4) is 0 Å². The summed E-state index contributed by atoms with van der Waals surface area (Å²) in [6, 6.07) is 3.32. The van der Waals surface area contributed by atoms with Crippen molar-refractivity contribution in [3.8, 4) is 0 Å². The predicted octanol–water partition coefficient (Wildman–Crippen LogP) is -0.401. The quantitative estimate of drug-likeness (QED) is 0.764. The Labute approximate surface area is 104 Å². The lowest BCUT2D eigenvalue weighted by molar-refractivity contribution is 0.0949. The smallest absolute Gasteiger partial charge is 0.251 e.